The highest BCUT2D eigenvalue weighted by Gasteiger charge is 2.18. The molecule has 7 nitrogen and oxygen atoms in total. The number of carbonyl (C=O) groups excluding carboxylic acids is 1. The number of benzene rings is 2. The second kappa shape index (κ2) is 9.30. The highest BCUT2D eigenvalue weighted by atomic mass is 35.5. The number of carbonyl (C=O) groups is 1. The monoisotopic (exact) mass is 416 g/mol. The molecule has 10 heteroatoms. The second-order valence-electron chi connectivity index (χ2n) is 5.58. The van der Waals surface area contributed by atoms with Crippen LogP contribution in [0.1, 0.15) is 6.42 Å². The van der Waals surface area contributed by atoms with Gasteiger partial charge in [0.2, 0.25) is 11.1 Å². The molecule has 142 valence electrons. The molecule has 0 aliphatic heterocycles. The Bertz CT molecular complexity index is 1020. The number of nitrogens with zero attached hydrogens (tertiary/aromatic N) is 6. The highest BCUT2D eigenvalue weighted by molar-refractivity contribution is 7.99. The molecule has 0 fully saturated rings. The summed E-state index contributed by atoms with van der Waals surface area (Å²) in [6.45, 7) is 0.241. The third-order valence-electron chi connectivity index (χ3n) is 3.69. The molecule has 0 N–H and O–H groups in total. The van der Waals surface area contributed by atoms with Crippen molar-refractivity contribution in [2.75, 3.05) is 17.2 Å². The largest absolute Gasteiger partial charge is 0.311 e. The average molecular weight is 417 g/mol. The number of hydrogen-bond donors (Lipinski definition) is 0. The van der Waals surface area contributed by atoms with Gasteiger partial charge in [-0.15, -0.1) is 5.10 Å². The topological polar surface area (TPSA) is 87.7 Å². The van der Waals surface area contributed by atoms with Crippen LogP contribution in [0.15, 0.2) is 53.7 Å². The summed E-state index contributed by atoms with van der Waals surface area (Å²) in [4.78, 5) is 14.3. The van der Waals surface area contributed by atoms with E-state index in [1.807, 2.05) is 6.07 Å². The molecule has 1 heterocycles. The first kappa shape index (κ1) is 19.8. The van der Waals surface area contributed by atoms with E-state index in [2.05, 4.69) is 15.5 Å². The number of anilines is 1. The minimum Gasteiger partial charge on any atom is -0.311 e. The van der Waals surface area contributed by atoms with E-state index in [0.29, 0.717) is 21.6 Å². The average Bonchev–Trinajstić information content (AvgIpc) is 3.15. The van der Waals surface area contributed by atoms with Crippen LogP contribution in [0.2, 0.25) is 5.02 Å². The molecule has 0 aliphatic rings. The van der Waals surface area contributed by atoms with E-state index in [1.165, 1.54) is 21.7 Å². The number of aromatic nitrogens is 4. The van der Waals surface area contributed by atoms with Crippen molar-refractivity contribution in [1.29, 1.82) is 5.26 Å². The Kier molecular flexibility index (Phi) is 6.57. The summed E-state index contributed by atoms with van der Waals surface area (Å²) in [5, 5.41) is 21.1. The van der Waals surface area contributed by atoms with Crippen molar-refractivity contribution in [3.05, 3.63) is 59.4 Å². The molecule has 3 aromatic rings. The molecule has 0 spiro atoms. The zero-order valence-electron chi connectivity index (χ0n) is 14.5. The lowest BCUT2D eigenvalue weighted by Gasteiger charge is -2.21. The Labute approximate surface area is 169 Å². The van der Waals surface area contributed by atoms with Gasteiger partial charge in [0, 0.05) is 17.3 Å². The van der Waals surface area contributed by atoms with Crippen molar-refractivity contribution in [2.24, 2.45) is 0 Å². The maximum Gasteiger partial charge on any atom is 0.237 e. The fraction of sp³-hybridized carbons (Fsp3) is 0.167. The summed E-state index contributed by atoms with van der Waals surface area (Å²) in [5.41, 5.74) is 1.06. The molecule has 0 saturated carbocycles. The van der Waals surface area contributed by atoms with Gasteiger partial charge in [-0.05, 0) is 46.8 Å². The summed E-state index contributed by atoms with van der Waals surface area (Å²) in [6, 6.07) is 14.7. The summed E-state index contributed by atoms with van der Waals surface area (Å²) >= 11 is 7.14. The quantitative estimate of drug-likeness (QED) is 0.548. The molecule has 2 aromatic carbocycles. The molecule has 0 bridgehead atoms. The zero-order chi connectivity index (χ0) is 19.9. The molecule has 0 radical (unpaired) electrons. The summed E-state index contributed by atoms with van der Waals surface area (Å²) in [5.74, 6) is -0.604. The van der Waals surface area contributed by atoms with E-state index in [0.717, 1.165) is 11.8 Å². The molecule has 0 unspecified atom stereocenters. The van der Waals surface area contributed by atoms with Crippen LogP contribution in [-0.2, 0) is 4.79 Å². The van der Waals surface area contributed by atoms with E-state index >= 15 is 0 Å². The van der Waals surface area contributed by atoms with Gasteiger partial charge in [0.25, 0.3) is 0 Å². The Balaban J connectivity index is 1.75. The molecular formula is C18H14ClFN6OS. The van der Waals surface area contributed by atoms with Gasteiger partial charge in [-0.2, -0.15) is 9.94 Å². The van der Waals surface area contributed by atoms with E-state index in [4.69, 9.17) is 16.9 Å². The number of thioether (sulfide) groups is 1. The SMILES string of the molecule is N#CCCN(C(=O)CSc1nnnn1-c1cccc(F)c1)c1cccc(Cl)c1. The lowest BCUT2D eigenvalue weighted by atomic mass is 10.2. The van der Waals surface area contributed by atoms with Gasteiger partial charge in [0.15, 0.2) is 0 Å². The van der Waals surface area contributed by atoms with Gasteiger partial charge in [0.1, 0.15) is 5.82 Å². The number of amides is 1. The molecule has 1 amide bonds. The van der Waals surface area contributed by atoms with Crippen molar-refractivity contribution >= 4 is 35.0 Å². The summed E-state index contributed by atoms with van der Waals surface area (Å²) < 4.78 is 14.8. The minimum absolute atomic E-state index is 0.0353. The van der Waals surface area contributed by atoms with Crippen LogP contribution >= 0.6 is 23.4 Å². The van der Waals surface area contributed by atoms with Gasteiger partial charge >= 0.3 is 0 Å². The van der Waals surface area contributed by atoms with Crippen LogP contribution in [0, 0.1) is 17.1 Å². The Morgan fingerprint density at radius 3 is 2.86 bits per heavy atom. The van der Waals surface area contributed by atoms with E-state index in [9.17, 15) is 9.18 Å². The standard InChI is InChI=1S/C18H14ClFN6OS/c19-13-4-1-6-15(10-13)25(9-3-8-21)17(27)12-28-18-22-23-24-26(18)16-7-2-5-14(20)11-16/h1-2,4-7,10-11H,3,9,12H2. The smallest absolute Gasteiger partial charge is 0.237 e. The fourth-order valence-electron chi connectivity index (χ4n) is 2.45. The first-order valence-electron chi connectivity index (χ1n) is 8.18. The van der Waals surface area contributed by atoms with Gasteiger partial charge in [-0.25, -0.2) is 4.39 Å². The van der Waals surface area contributed by atoms with Crippen LogP contribution in [-0.4, -0.2) is 38.4 Å². The first-order chi connectivity index (χ1) is 13.6. The van der Waals surface area contributed by atoms with Crippen molar-refractivity contribution in [1.82, 2.24) is 20.2 Å². The van der Waals surface area contributed by atoms with Crippen molar-refractivity contribution < 1.29 is 9.18 Å². The van der Waals surface area contributed by atoms with Crippen LogP contribution in [0.4, 0.5) is 10.1 Å². The molecule has 3 rings (SSSR count). The summed E-state index contributed by atoms with van der Waals surface area (Å²) in [6.07, 6.45) is 0.184. The van der Waals surface area contributed by atoms with Crippen LogP contribution in [0.5, 0.6) is 0 Å². The van der Waals surface area contributed by atoms with Gasteiger partial charge in [-0.1, -0.05) is 35.5 Å². The highest BCUT2D eigenvalue weighted by Crippen LogP contribution is 2.23. The zero-order valence-corrected chi connectivity index (χ0v) is 16.1. The predicted molar refractivity (Wildman–Crippen MR) is 104 cm³/mol. The molecule has 28 heavy (non-hydrogen) atoms. The number of rotatable bonds is 7. The molecule has 1 aromatic heterocycles. The predicted octanol–water partition coefficient (Wildman–Crippen LogP) is 3.49. The van der Waals surface area contributed by atoms with Gasteiger partial charge in [-0.3, -0.25) is 4.79 Å². The van der Waals surface area contributed by atoms with Gasteiger partial charge in [0.05, 0.1) is 23.9 Å². The molecule has 0 atom stereocenters. The Morgan fingerprint density at radius 1 is 1.29 bits per heavy atom. The molecule has 0 aliphatic carbocycles. The Morgan fingerprint density at radius 2 is 2.11 bits per heavy atom. The summed E-state index contributed by atoms with van der Waals surface area (Å²) in [7, 11) is 0. The van der Waals surface area contributed by atoms with Crippen molar-refractivity contribution in [3.63, 3.8) is 0 Å². The van der Waals surface area contributed by atoms with E-state index in [-0.39, 0.29) is 24.6 Å². The third kappa shape index (κ3) is 4.85. The number of nitriles is 1. The second-order valence-corrected chi connectivity index (χ2v) is 6.95. The maximum atomic E-state index is 13.5. The normalized spacial score (nSPS) is 10.5. The minimum atomic E-state index is -0.413. The van der Waals surface area contributed by atoms with Crippen molar-refractivity contribution in [3.8, 4) is 11.8 Å². The third-order valence-corrected chi connectivity index (χ3v) is 4.83. The maximum absolute atomic E-state index is 13.5. The van der Waals surface area contributed by atoms with Crippen LogP contribution in [0.25, 0.3) is 5.69 Å². The number of tetrazole rings is 1. The lowest BCUT2D eigenvalue weighted by Crippen LogP contribution is -2.33. The van der Waals surface area contributed by atoms with Gasteiger partial charge < -0.3 is 4.90 Å². The van der Waals surface area contributed by atoms with Crippen molar-refractivity contribution in [2.45, 2.75) is 11.6 Å². The molecule has 0 saturated heterocycles. The fourth-order valence-corrected chi connectivity index (χ4v) is 3.40. The number of halogens is 2. The lowest BCUT2D eigenvalue weighted by molar-refractivity contribution is -0.116. The van der Waals surface area contributed by atoms with E-state index in [1.54, 1.807) is 36.4 Å². The van der Waals surface area contributed by atoms with Crippen LogP contribution < -0.4 is 4.90 Å². The number of hydrogen-bond acceptors (Lipinski definition) is 6. The van der Waals surface area contributed by atoms with E-state index < -0.39 is 5.82 Å². The first-order valence-corrected chi connectivity index (χ1v) is 9.55. The Hall–Kier alpha value is -2.96. The van der Waals surface area contributed by atoms with Crippen LogP contribution in [0.3, 0.4) is 0 Å². The molecular weight excluding hydrogens is 403 g/mol.